The minimum Gasteiger partial charge on any atom is -0.374 e. The largest absolute Gasteiger partial charge is 0.374 e. The molecule has 0 aliphatic carbocycles. The molecule has 0 saturated carbocycles. The highest BCUT2D eigenvalue weighted by atomic mass is 32.2. The molecule has 0 radical (unpaired) electrons. The fraction of sp³-hybridized carbons (Fsp3) is 0.304. The molecule has 0 unspecified atom stereocenters. The lowest BCUT2D eigenvalue weighted by atomic mass is 10.1. The molecule has 4 heteroatoms. The highest BCUT2D eigenvalue weighted by Gasteiger charge is 2.30. The van der Waals surface area contributed by atoms with E-state index >= 15 is 0 Å². The number of morpholine rings is 1. The van der Waals surface area contributed by atoms with Crippen LogP contribution in [0.4, 0.5) is 0 Å². The van der Waals surface area contributed by atoms with Gasteiger partial charge in [0.05, 0.1) is 18.0 Å². The molecule has 1 fully saturated rings. The summed E-state index contributed by atoms with van der Waals surface area (Å²) in [5.74, 6) is 0. The smallest absolute Gasteiger partial charge is 0.0865 e. The Balaban J connectivity index is 1.53. The van der Waals surface area contributed by atoms with Gasteiger partial charge in [0.25, 0.3) is 0 Å². The van der Waals surface area contributed by atoms with E-state index in [-0.39, 0.29) is 6.10 Å². The first-order valence-electron chi connectivity index (χ1n) is 9.43. The van der Waals surface area contributed by atoms with Gasteiger partial charge in [0.15, 0.2) is 0 Å². The van der Waals surface area contributed by atoms with Crippen molar-refractivity contribution in [2.45, 2.75) is 29.7 Å². The lowest BCUT2D eigenvalue weighted by Gasteiger charge is -2.37. The Labute approximate surface area is 170 Å². The van der Waals surface area contributed by atoms with Gasteiger partial charge in [-0.25, -0.2) is 0 Å². The van der Waals surface area contributed by atoms with Crippen molar-refractivity contribution >= 4 is 23.1 Å². The molecule has 1 aliphatic rings. The predicted octanol–water partition coefficient (Wildman–Crippen LogP) is 5.79. The van der Waals surface area contributed by atoms with Crippen LogP contribution in [0.3, 0.4) is 0 Å². The van der Waals surface area contributed by atoms with Gasteiger partial charge in [0.1, 0.15) is 0 Å². The molecule has 3 aromatic rings. The second-order valence-electron chi connectivity index (χ2n) is 6.92. The molecule has 0 spiro atoms. The van der Waals surface area contributed by atoms with Crippen LogP contribution in [0.15, 0.2) is 77.0 Å². The summed E-state index contributed by atoms with van der Waals surface area (Å²) in [6.45, 7) is 5.95. The topological polar surface area (TPSA) is 12.5 Å². The molecule has 1 saturated heterocycles. The Morgan fingerprint density at radius 3 is 2.52 bits per heavy atom. The summed E-state index contributed by atoms with van der Waals surface area (Å²) in [4.78, 5) is 5.29. The average molecular weight is 396 g/mol. The van der Waals surface area contributed by atoms with Gasteiger partial charge in [0, 0.05) is 29.4 Å². The lowest BCUT2D eigenvalue weighted by molar-refractivity contribution is -0.0319. The van der Waals surface area contributed by atoms with E-state index in [0.717, 1.165) is 26.2 Å². The summed E-state index contributed by atoms with van der Waals surface area (Å²) in [6.07, 6.45) is 0.189. The number of nitrogens with zero attached hydrogens (tertiary/aromatic N) is 1. The molecular formula is C23H25NOS2. The summed E-state index contributed by atoms with van der Waals surface area (Å²) >= 11 is 3.77. The molecule has 1 aliphatic heterocycles. The third kappa shape index (κ3) is 4.82. The van der Waals surface area contributed by atoms with E-state index in [1.54, 1.807) is 0 Å². The maximum Gasteiger partial charge on any atom is 0.0865 e. The molecule has 2 aromatic carbocycles. The van der Waals surface area contributed by atoms with Gasteiger partial charge in [-0.15, -0.1) is 23.1 Å². The number of hydrogen-bond donors (Lipinski definition) is 0. The summed E-state index contributed by atoms with van der Waals surface area (Å²) in [5.41, 5.74) is 2.72. The van der Waals surface area contributed by atoms with Gasteiger partial charge in [0.2, 0.25) is 0 Å². The van der Waals surface area contributed by atoms with Crippen LogP contribution in [0.1, 0.15) is 21.3 Å². The summed E-state index contributed by atoms with van der Waals surface area (Å²) in [6, 6.07) is 23.8. The van der Waals surface area contributed by atoms with E-state index in [4.69, 9.17) is 4.74 Å². The fourth-order valence-corrected chi connectivity index (χ4v) is 5.70. The van der Waals surface area contributed by atoms with Gasteiger partial charge in [-0.3, -0.25) is 4.90 Å². The van der Waals surface area contributed by atoms with Crippen molar-refractivity contribution in [2.24, 2.45) is 0 Å². The van der Waals surface area contributed by atoms with E-state index in [0.29, 0.717) is 5.25 Å². The second-order valence-corrected chi connectivity index (χ2v) is 9.22. The Hall–Kier alpha value is -1.59. The van der Waals surface area contributed by atoms with Crippen LogP contribution in [0.2, 0.25) is 0 Å². The molecular weight excluding hydrogens is 370 g/mol. The van der Waals surface area contributed by atoms with Gasteiger partial charge in [-0.2, -0.15) is 0 Å². The van der Waals surface area contributed by atoms with E-state index in [1.807, 2.05) is 23.1 Å². The normalized spacial score (nSPS) is 19.1. The van der Waals surface area contributed by atoms with Gasteiger partial charge < -0.3 is 4.74 Å². The minimum atomic E-state index is 0.189. The maximum atomic E-state index is 6.29. The van der Waals surface area contributed by atoms with Crippen LogP contribution in [-0.4, -0.2) is 30.7 Å². The maximum absolute atomic E-state index is 6.29. The fourth-order valence-electron chi connectivity index (χ4n) is 3.53. The molecule has 140 valence electrons. The van der Waals surface area contributed by atoms with E-state index in [2.05, 4.69) is 83.9 Å². The first kappa shape index (κ1) is 18.8. The van der Waals surface area contributed by atoms with Crippen molar-refractivity contribution in [3.05, 3.63) is 88.1 Å². The van der Waals surface area contributed by atoms with Gasteiger partial charge in [-0.05, 0) is 29.5 Å². The van der Waals surface area contributed by atoms with E-state index in [1.165, 1.54) is 20.9 Å². The first-order valence-corrected chi connectivity index (χ1v) is 11.2. The molecule has 27 heavy (non-hydrogen) atoms. The van der Waals surface area contributed by atoms with Gasteiger partial charge in [-0.1, -0.05) is 60.7 Å². The molecule has 0 N–H and O–H groups in total. The zero-order valence-electron chi connectivity index (χ0n) is 15.6. The molecule has 0 bridgehead atoms. The number of hydrogen-bond acceptors (Lipinski definition) is 4. The van der Waals surface area contributed by atoms with Crippen molar-refractivity contribution in [3.8, 4) is 0 Å². The Kier molecular flexibility index (Phi) is 6.30. The summed E-state index contributed by atoms with van der Waals surface area (Å²) < 4.78 is 6.29. The molecule has 1 aromatic heterocycles. The van der Waals surface area contributed by atoms with Gasteiger partial charge >= 0.3 is 0 Å². The number of rotatable bonds is 6. The van der Waals surface area contributed by atoms with Crippen molar-refractivity contribution in [3.63, 3.8) is 0 Å². The Morgan fingerprint density at radius 1 is 1.07 bits per heavy atom. The highest BCUT2D eigenvalue weighted by molar-refractivity contribution is 7.99. The average Bonchev–Trinajstić information content (AvgIpc) is 3.12. The summed E-state index contributed by atoms with van der Waals surface area (Å²) in [5, 5.41) is 2.49. The van der Waals surface area contributed by atoms with Crippen LogP contribution in [-0.2, 0) is 11.3 Å². The van der Waals surface area contributed by atoms with Crippen LogP contribution < -0.4 is 0 Å². The Bertz CT molecular complexity index is 834. The van der Waals surface area contributed by atoms with Crippen molar-refractivity contribution in [1.29, 1.82) is 0 Å². The number of thiophene rings is 1. The highest BCUT2D eigenvalue weighted by Crippen LogP contribution is 2.42. The summed E-state index contributed by atoms with van der Waals surface area (Å²) in [7, 11) is 0. The third-order valence-electron chi connectivity index (χ3n) is 4.96. The Morgan fingerprint density at radius 2 is 1.81 bits per heavy atom. The molecule has 0 amide bonds. The van der Waals surface area contributed by atoms with E-state index in [9.17, 15) is 0 Å². The third-order valence-corrected chi connectivity index (χ3v) is 7.46. The van der Waals surface area contributed by atoms with Crippen LogP contribution in [0.25, 0.3) is 0 Å². The zero-order chi connectivity index (χ0) is 18.5. The number of ether oxygens (including phenoxy) is 1. The number of thioether (sulfide) groups is 1. The molecule has 4 rings (SSSR count). The minimum absolute atomic E-state index is 0.189. The van der Waals surface area contributed by atoms with Crippen molar-refractivity contribution in [1.82, 2.24) is 4.90 Å². The number of aryl methyl sites for hydroxylation is 1. The van der Waals surface area contributed by atoms with Crippen LogP contribution in [0, 0.1) is 6.92 Å². The van der Waals surface area contributed by atoms with E-state index < -0.39 is 0 Å². The monoisotopic (exact) mass is 395 g/mol. The predicted molar refractivity (Wildman–Crippen MR) is 116 cm³/mol. The quantitative estimate of drug-likeness (QED) is 0.490. The van der Waals surface area contributed by atoms with Crippen LogP contribution in [0.5, 0.6) is 0 Å². The van der Waals surface area contributed by atoms with Crippen molar-refractivity contribution < 1.29 is 4.74 Å². The molecule has 2 atom stereocenters. The molecule has 2 heterocycles. The lowest BCUT2D eigenvalue weighted by Crippen LogP contribution is -2.44. The van der Waals surface area contributed by atoms with Crippen LogP contribution >= 0.6 is 23.1 Å². The first-order chi connectivity index (χ1) is 13.3. The zero-order valence-corrected chi connectivity index (χ0v) is 17.2. The molecule has 2 nitrogen and oxygen atoms in total. The van der Waals surface area contributed by atoms with Crippen molar-refractivity contribution in [2.75, 3.05) is 19.7 Å². The second kappa shape index (κ2) is 9.07. The SMILES string of the molecule is Cc1sccc1S[C@@H](c1ccccc1)[C@@H]1CN(Cc2ccccc2)CCO1. The number of benzene rings is 2. The standard InChI is InChI=1S/C23H25NOS2/c1-18-22(12-15-26-18)27-23(20-10-6-3-7-11-20)21-17-24(13-14-25-21)16-19-8-4-2-5-9-19/h2-12,15,21,23H,13-14,16-17H2,1H3/t21-,23-/m0/s1.